The zero-order valence-corrected chi connectivity index (χ0v) is 65.8. The highest BCUT2D eigenvalue weighted by Crippen LogP contribution is 2.18. The van der Waals surface area contributed by atoms with Crippen molar-refractivity contribution < 1.29 is 42.9 Å². The van der Waals surface area contributed by atoms with Gasteiger partial charge in [0.15, 0.2) is 6.10 Å². The Balaban J connectivity index is 4.06. The monoisotopic (exact) mass is 1400 g/mol. The summed E-state index contributed by atoms with van der Waals surface area (Å²) in [6.45, 7) is 4.63. The maximum atomic E-state index is 13.0. The minimum absolute atomic E-state index is 0.176. The number of likely N-dealkylation sites (N-methyl/N-ethyl adjacent to an activating group) is 1. The third kappa shape index (κ3) is 81.8. The molecule has 0 aliphatic rings. The first-order valence-electron chi connectivity index (χ1n) is 41.3. The van der Waals surface area contributed by atoms with Crippen LogP contribution in [0.5, 0.6) is 0 Å². The predicted octanol–water partition coefficient (Wildman–Crippen LogP) is 26.9. The second-order valence-corrected chi connectivity index (χ2v) is 28.3. The third-order valence-electron chi connectivity index (χ3n) is 17.5. The summed E-state index contributed by atoms with van der Waals surface area (Å²) in [7, 11) is 5.97. The average Bonchev–Trinajstić information content (AvgIpc) is 1.25. The van der Waals surface area contributed by atoms with Gasteiger partial charge >= 0.3 is 17.9 Å². The van der Waals surface area contributed by atoms with Gasteiger partial charge < -0.3 is 28.5 Å². The van der Waals surface area contributed by atoms with Crippen molar-refractivity contribution in [1.82, 2.24) is 0 Å². The standard InChI is InChI=1S/C92H153NO8/c1-6-8-10-12-14-16-18-20-22-24-26-28-30-32-34-36-38-40-42-43-44-45-46-47-49-50-52-54-56-58-60-62-64-66-68-70-72-74-76-78-80-82-89(94)99-86-88(87-100-92(91(96)97)98-85-84-93(3,4)5)101-90(95)83-81-79-77-75-73-71-69-67-65-63-61-59-57-55-53-51-48-41-39-37-35-33-31-29-27-25-23-21-19-17-15-13-11-9-7-2/h8-11,14-17,20-23,26-29,33,35,39,41,51,53,57,59,63,65,69,71,88,92H,6-7,12-13,18-19,24-25,30-32,34,36-38,40,42-50,52,54-56,58,60-62,64,66-68,70,72-87H2,1-5H3/p+1/b10-8-,11-9-,16-14-,17-15-,22-20-,23-21-,28-26-,29-27-,35-33-,41-39-,53-51-,59-57-,65-63-,71-69-. The highest BCUT2D eigenvalue weighted by atomic mass is 16.7. The van der Waals surface area contributed by atoms with Crippen LogP contribution in [0.2, 0.25) is 0 Å². The van der Waals surface area contributed by atoms with E-state index in [-0.39, 0.29) is 32.2 Å². The Labute approximate surface area is 622 Å². The second-order valence-electron chi connectivity index (χ2n) is 28.3. The summed E-state index contributed by atoms with van der Waals surface area (Å²) in [4.78, 5) is 37.8. The van der Waals surface area contributed by atoms with E-state index in [0.717, 1.165) is 135 Å². The van der Waals surface area contributed by atoms with E-state index in [9.17, 15) is 19.5 Å². The molecule has 1 N–H and O–H groups in total. The van der Waals surface area contributed by atoms with Crippen molar-refractivity contribution in [2.24, 2.45) is 0 Å². The number of nitrogens with zero attached hydrogens (tertiary/aromatic N) is 1. The number of esters is 2. The zero-order valence-electron chi connectivity index (χ0n) is 65.8. The fourth-order valence-electron chi connectivity index (χ4n) is 11.3. The first-order chi connectivity index (χ1) is 49.6. The molecule has 0 aromatic rings. The number of rotatable bonds is 75. The molecule has 0 saturated carbocycles. The average molecular weight is 1400 g/mol. The highest BCUT2D eigenvalue weighted by Gasteiger charge is 2.25. The first kappa shape index (κ1) is 95.6. The Morgan fingerprint density at radius 3 is 0.792 bits per heavy atom. The Morgan fingerprint density at radius 2 is 0.535 bits per heavy atom. The van der Waals surface area contributed by atoms with Gasteiger partial charge in [0, 0.05) is 12.8 Å². The summed E-state index contributed by atoms with van der Waals surface area (Å²) < 4.78 is 23.0. The molecule has 0 bridgehead atoms. The quantitative estimate of drug-likeness (QED) is 0.0211. The number of unbranched alkanes of at least 4 members (excludes halogenated alkanes) is 32. The maximum Gasteiger partial charge on any atom is 0.361 e. The van der Waals surface area contributed by atoms with E-state index < -0.39 is 24.3 Å². The van der Waals surface area contributed by atoms with Gasteiger partial charge in [0.25, 0.3) is 6.29 Å². The summed E-state index contributed by atoms with van der Waals surface area (Å²) in [6, 6.07) is 0. The lowest BCUT2D eigenvalue weighted by Gasteiger charge is -2.25. The van der Waals surface area contributed by atoms with Gasteiger partial charge in [0.1, 0.15) is 13.2 Å². The zero-order chi connectivity index (χ0) is 73.2. The largest absolute Gasteiger partial charge is 0.477 e. The summed E-state index contributed by atoms with van der Waals surface area (Å²) >= 11 is 0. The number of carbonyl (C=O) groups is 3. The van der Waals surface area contributed by atoms with Crippen LogP contribution in [-0.2, 0) is 33.3 Å². The molecule has 9 nitrogen and oxygen atoms in total. The molecule has 2 atom stereocenters. The van der Waals surface area contributed by atoms with Crippen molar-refractivity contribution in [3.05, 3.63) is 170 Å². The molecule has 101 heavy (non-hydrogen) atoms. The van der Waals surface area contributed by atoms with Gasteiger partial charge in [-0.25, -0.2) is 4.79 Å². The molecule has 0 aliphatic carbocycles. The van der Waals surface area contributed by atoms with Gasteiger partial charge in [-0.15, -0.1) is 0 Å². The van der Waals surface area contributed by atoms with Gasteiger partial charge in [-0.3, -0.25) is 9.59 Å². The predicted molar refractivity (Wildman–Crippen MR) is 437 cm³/mol. The molecule has 0 spiro atoms. The summed E-state index contributed by atoms with van der Waals surface area (Å²) in [6.07, 6.45) is 118. The molecule has 0 amide bonds. The molecule has 0 aromatic carbocycles. The molecule has 0 saturated heterocycles. The molecule has 0 fully saturated rings. The van der Waals surface area contributed by atoms with Crippen LogP contribution >= 0.6 is 0 Å². The SMILES string of the molecule is CC/C=C\C/C=C\C/C=C\C/C=C\C/C=C\C/C=C\C/C=C\C/C=C\C/C=C\C/C=C\CCCCCCC(=O)OC(COC(=O)CCCCCCCCCCCCCCCCCCCCCCCCCCCCCC/C=C\C/C=C\C/C=C\C/C=C\CC)COC(OCC[N+](C)(C)C)C(=O)O. The fourth-order valence-corrected chi connectivity index (χ4v) is 11.3. The van der Waals surface area contributed by atoms with Gasteiger partial charge in [-0.1, -0.05) is 364 Å². The highest BCUT2D eigenvalue weighted by molar-refractivity contribution is 5.71. The van der Waals surface area contributed by atoms with Crippen LogP contribution in [0.1, 0.15) is 335 Å². The Hall–Kier alpha value is -5.35. The van der Waals surface area contributed by atoms with E-state index >= 15 is 0 Å². The molecule has 0 aromatic heterocycles. The van der Waals surface area contributed by atoms with Crippen molar-refractivity contribution in [3.8, 4) is 0 Å². The number of hydrogen-bond donors (Lipinski definition) is 1. The molecule has 0 radical (unpaired) electrons. The van der Waals surface area contributed by atoms with Crippen molar-refractivity contribution in [3.63, 3.8) is 0 Å². The fraction of sp³-hybridized carbons (Fsp3) is 0.663. The van der Waals surface area contributed by atoms with E-state index in [1.165, 1.54) is 167 Å². The number of carboxylic acid groups (broad SMARTS) is 1. The lowest BCUT2D eigenvalue weighted by Crippen LogP contribution is -2.40. The lowest BCUT2D eigenvalue weighted by atomic mass is 10.0. The van der Waals surface area contributed by atoms with Crippen molar-refractivity contribution in [2.45, 2.75) is 347 Å². The third-order valence-corrected chi connectivity index (χ3v) is 17.5. The van der Waals surface area contributed by atoms with Crippen LogP contribution in [0, 0.1) is 0 Å². The molecule has 0 heterocycles. The van der Waals surface area contributed by atoms with Crippen LogP contribution in [0.3, 0.4) is 0 Å². The lowest BCUT2D eigenvalue weighted by molar-refractivity contribution is -0.870. The molecule has 2 unspecified atom stereocenters. The maximum absolute atomic E-state index is 13.0. The molecule has 9 heteroatoms. The van der Waals surface area contributed by atoms with Crippen molar-refractivity contribution in [2.75, 3.05) is 47.5 Å². The number of carbonyl (C=O) groups excluding carboxylic acids is 2. The van der Waals surface area contributed by atoms with E-state index in [1.807, 2.05) is 21.1 Å². The number of allylic oxidation sites excluding steroid dienone is 28. The Kier molecular flexibility index (Phi) is 76.1. The number of aliphatic carboxylic acids is 1. The molecule has 0 aliphatic heterocycles. The van der Waals surface area contributed by atoms with E-state index in [2.05, 4.69) is 184 Å². The number of carboxylic acids is 1. The van der Waals surface area contributed by atoms with Crippen molar-refractivity contribution in [1.29, 1.82) is 0 Å². The minimum atomic E-state index is -1.53. The van der Waals surface area contributed by atoms with Gasteiger partial charge in [0.2, 0.25) is 0 Å². The first-order valence-corrected chi connectivity index (χ1v) is 41.3. The number of ether oxygens (including phenoxy) is 4. The van der Waals surface area contributed by atoms with Gasteiger partial charge in [-0.05, 0) is 128 Å². The molecular weight excluding hydrogens is 1250 g/mol. The van der Waals surface area contributed by atoms with Crippen molar-refractivity contribution >= 4 is 17.9 Å². The molecule has 0 rings (SSSR count). The molecular formula is C92H154NO8+. The topological polar surface area (TPSA) is 108 Å². The second kappa shape index (κ2) is 80.3. The van der Waals surface area contributed by atoms with Crippen LogP contribution < -0.4 is 0 Å². The normalized spacial score (nSPS) is 13.6. The Bertz CT molecular complexity index is 2280. The van der Waals surface area contributed by atoms with E-state index in [1.54, 1.807) is 0 Å². The van der Waals surface area contributed by atoms with E-state index in [4.69, 9.17) is 18.9 Å². The number of quaternary nitrogens is 1. The van der Waals surface area contributed by atoms with E-state index in [0.29, 0.717) is 23.9 Å². The van der Waals surface area contributed by atoms with Crippen LogP contribution in [-0.4, -0.2) is 87.4 Å². The smallest absolute Gasteiger partial charge is 0.361 e. The summed E-state index contributed by atoms with van der Waals surface area (Å²) in [5.41, 5.74) is 0. The Morgan fingerprint density at radius 1 is 0.297 bits per heavy atom. The molecule has 574 valence electrons. The van der Waals surface area contributed by atoms with Crippen LogP contribution in [0.4, 0.5) is 0 Å². The summed E-state index contributed by atoms with van der Waals surface area (Å²) in [5, 5.41) is 9.78. The van der Waals surface area contributed by atoms with Gasteiger partial charge in [0.05, 0.1) is 34.4 Å². The summed E-state index contributed by atoms with van der Waals surface area (Å²) in [5.74, 6) is -2.04. The van der Waals surface area contributed by atoms with Crippen LogP contribution in [0.25, 0.3) is 0 Å². The van der Waals surface area contributed by atoms with Crippen LogP contribution in [0.15, 0.2) is 170 Å². The van der Waals surface area contributed by atoms with Gasteiger partial charge in [-0.2, -0.15) is 0 Å². The number of hydrogen-bond acceptors (Lipinski definition) is 7. The minimum Gasteiger partial charge on any atom is -0.477 e.